The first kappa shape index (κ1) is 60.3. The summed E-state index contributed by atoms with van der Waals surface area (Å²) >= 11 is 0. The van der Waals surface area contributed by atoms with Gasteiger partial charge in [0.2, 0.25) is 11.8 Å². The van der Waals surface area contributed by atoms with Crippen LogP contribution in [0.3, 0.4) is 0 Å². The van der Waals surface area contributed by atoms with Crippen LogP contribution in [0.4, 0.5) is 31.4 Å². The number of hydrogen-bond acceptors (Lipinski definition) is 16. The van der Waals surface area contributed by atoms with Crippen molar-refractivity contribution < 1.29 is 76.6 Å². The minimum absolute atomic E-state index is 0.0351. The molecule has 23 nitrogen and oxygen atoms in total. The maximum Gasteiger partial charge on any atom is 0.416 e. The first-order valence-electron chi connectivity index (χ1n) is 28.0. The highest BCUT2D eigenvalue weighted by atomic mass is 16.6. The molecule has 85 heavy (non-hydrogen) atoms. The number of carbonyl (C=O) groups excluding carboxylic acids is 7. The van der Waals surface area contributed by atoms with E-state index >= 15 is 0 Å². The second kappa shape index (κ2) is 26.1. The lowest BCUT2D eigenvalue weighted by Crippen LogP contribution is -2.53. The van der Waals surface area contributed by atoms with Crippen LogP contribution in [0.2, 0.25) is 0 Å². The predicted octanol–water partition coefficient (Wildman–Crippen LogP) is 7.81. The summed E-state index contributed by atoms with van der Waals surface area (Å²) in [6.07, 6.45) is 3.76. The van der Waals surface area contributed by atoms with E-state index < -0.39 is 60.5 Å². The van der Waals surface area contributed by atoms with E-state index in [1.54, 1.807) is 67.2 Å². The van der Waals surface area contributed by atoms with Crippen molar-refractivity contribution >= 4 is 64.5 Å². The lowest BCUT2D eigenvalue weighted by atomic mass is 10.0. The second-order valence-electron chi connectivity index (χ2n) is 21.7. The number of amides is 7. The summed E-state index contributed by atoms with van der Waals surface area (Å²) in [7, 11) is 4.46. The van der Waals surface area contributed by atoms with Crippen molar-refractivity contribution in [3.63, 3.8) is 0 Å². The molecule has 23 heteroatoms. The number of anilines is 3. The van der Waals surface area contributed by atoms with Crippen LogP contribution in [0, 0.1) is 11.3 Å². The van der Waals surface area contributed by atoms with Crippen molar-refractivity contribution in [1.82, 2.24) is 20.4 Å². The average Bonchev–Trinajstić information content (AvgIpc) is 1.74. The molecule has 5 aliphatic rings. The molecule has 1 saturated carbocycles. The summed E-state index contributed by atoms with van der Waals surface area (Å²) in [6, 6.07) is 17.0. The highest BCUT2D eigenvalue weighted by Crippen LogP contribution is 2.57. The maximum absolute atomic E-state index is 14.5. The molecule has 1 unspecified atom stereocenters. The van der Waals surface area contributed by atoms with Gasteiger partial charge in [-0.25, -0.2) is 19.3 Å². The van der Waals surface area contributed by atoms with Gasteiger partial charge in [-0.3, -0.25) is 24.1 Å². The van der Waals surface area contributed by atoms with E-state index in [0.717, 1.165) is 28.9 Å². The third kappa shape index (κ3) is 13.3. The van der Waals surface area contributed by atoms with Crippen LogP contribution in [0.1, 0.15) is 84.7 Å². The van der Waals surface area contributed by atoms with Crippen LogP contribution < -0.4 is 49.4 Å². The first-order chi connectivity index (χ1) is 40.9. The fraction of sp³-hybridized carbons (Fsp3) is 0.403. The zero-order valence-electron chi connectivity index (χ0n) is 48.4. The first-order valence-corrected chi connectivity index (χ1v) is 28.0. The molecule has 0 radical (unpaired) electrons. The standard InChI is InChI=1S/C62H71N7O16/c1-9-22-83-59(75)65-53(36(3)4)55(71)63-37(5)54(70)64-41-16-12-38(13-17-41)34-85-61(77)69-47-30-52(50(80-8)28-45(47)57(73)68-35-62(20-21-62)31-48(68)58(69)74)82-25-11-24-81-51-29-46-44(27-49(51)79-7)56(72)66-32-40(39-14-18-43(78-6)19-15-39)26-42(66)33-67(46)60(76)84-23-10-2/h9-10,12-19,27-30,32,36-37,42,48,53,58,74H,1-2,11,20-26,31,33-35H2,3-8H3,(H,63,71)(H,64,70)(H,65,75)/t37-,42-,48-,53-,58?/m0/s1. The number of nitrogens with zero attached hydrogens (tertiary/aromatic N) is 4. The summed E-state index contributed by atoms with van der Waals surface area (Å²) < 4.78 is 45.7. The van der Waals surface area contributed by atoms with Crippen LogP contribution in [-0.4, -0.2) is 148 Å². The van der Waals surface area contributed by atoms with Crippen molar-refractivity contribution in [2.24, 2.45) is 11.3 Å². The van der Waals surface area contributed by atoms with Gasteiger partial charge >= 0.3 is 18.3 Å². The van der Waals surface area contributed by atoms with Crippen LogP contribution in [0.5, 0.6) is 28.7 Å². The Kier molecular flexibility index (Phi) is 18.5. The zero-order valence-corrected chi connectivity index (χ0v) is 48.4. The quantitative estimate of drug-likeness (QED) is 0.0332. The van der Waals surface area contributed by atoms with Crippen LogP contribution in [0.25, 0.3) is 5.57 Å². The molecule has 1 aliphatic carbocycles. The third-order valence-corrected chi connectivity index (χ3v) is 15.6. The van der Waals surface area contributed by atoms with Gasteiger partial charge in [0.15, 0.2) is 29.2 Å². The molecular formula is C62H71N7O16. The molecule has 4 heterocycles. The second-order valence-corrected chi connectivity index (χ2v) is 21.7. The molecule has 5 atom stereocenters. The van der Waals surface area contributed by atoms with Gasteiger partial charge in [0.25, 0.3) is 11.8 Å². The largest absolute Gasteiger partial charge is 0.497 e. The molecule has 1 spiro atoms. The van der Waals surface area contributed by atoms with Crippen LogP contribution in [-0.2, 0) is 30.4 Å². The average molecular weight is 1170 g/mol. The molecule has 0 aromatic heterocycles. The number of fused-ring (bicyclic) bond motifs is 4. The van der Waals surface area contributed by atoms with E-state index in [9.17, 15) is 38.7 Å². The zero-order chi connectivity index (χ0) is 60.7. The normalized spacial score (nSPS) is 18.6. The fourth-order valence-corrected chi connectivity index (χ4v) is 10.9. The Balaban J connectivity index is 0.870. The summed E-state index contributed by atoms with van der Waals surface area (Å²) in [5, 5.41) is 20.0. The molecule has 4 aromatic carbocycles. The van der Waals surface area contributed by atoms with Crippen molar-refractivity contribution in [1.29, 1.82) is 0 Å². The Labute approximate surface area is 492 Å². The maximum atomic E-state index is 14.5. The fourth-order valence-electron chi connectivity index (χ4n) is 10.9. The Morgan fingerprint density at radius 2 is 1.38 bits per heavy atom. The summed E-state index contributed by atoms with van der Waals surface area (Å²) in [5.41, 5.74) is 3.21. The van der Waals surface area contributed by atoms with Gasteiger partial charge in [0, 0.05) is 37.0 Å². The predicted molar refractivity (Wildman–Crippen MR) is 312 cm³/mol. The van der Waals surface area contributed by atoms with Crippen molar-refractivity contribution in [2.45, 2.75) is 89.9 Å². The van der Waals surface area contributed by atoms with Crippen molar-refractivity contribution in [3.05, 3.63) is 127 Å². The molecular weight excluding hydrogens is 1100 g/mol. The number of aliphatic hydroxyl groups is 1. The summed E-state index contributed by atoms with van der Waals surface area (Å²) in [4.78, 5) is 101. The topological polar surface area (TPSA) is 263 Å². The molecule has 1 saturated heterocycles. The SMILES string of the molecule is C=CCOC(=O)N[C@H](C(=O)N[C@@H](C)C(=O)Nc1ccc(COC(=O)N2c3cc(OCCCOc4cc5c(cc4OC)C(=O)N4C=C(c6ccc(OC)cc6)C[C@H]4CN5C(=O)OCC=C)c(OC)cc3C(=O)N3CC4(CC4)C[C@H]3C2O)cc1)C(C)C. The number of aliphatic hydroxyl groups excluding tert-OH is 1. The van der Waals surface area contributed by atoms with Gasteiger partial charge in [-0.05, 0) is 97.0 Å². The van der Waals surface area contributed by atoms with Gasteiger partial charge in [-0.15, -0.1) is 0 Å². The smallest absolute Gasteiger partial charge is 0.416 e. The van der Waals surface area contributed by atoms with Gasteiger partial charge in [-0.2, -0.15) is 0 Å². The van der Waals surface area contributed by atoms with Gasteiger partial charge < -0.3 is 68.8 Å². The van der Waals surface area contributed by atoms with E-state index in [2.05, 4.69) is 29.1 Å². The number of rotatable bonds is 22. The molecule has 4 aromatic rings. The van der Waals surface area contributed by atoms with Gasteiger partial charge in [-0.1, -0.05) is 63.4 Å². The molecule has 9 rings (SSSR count). The number of nitrogens with one attached hydrogen (secondary N) is 3. The number of alkyl carbamates (subject to hydrolysis) is 1. The molecule has 2 fully saturated rings. The lowest BCUT2D eigenvalue weighted by molar-refractivity contribution is -0.128. The number of methoxy groups -OCH3 is 3. The van der Waals surface area contributed by atoms with Crippen LogP contribution in [0.15, 0.2) is 104 Å². The monoisotopic (exact) mass is 1170 g/mol. The highest BCUT2D eigenvalue weighted by Gasteiger charge is 2.58. The number of benzene rings is 4. The Hall–Kier alpha value is -9.25. The molecule has 4 N–H and O–H groups in total. The summed E-state index contributed by atoms with van der Waals surface area (Å²) in [6.45, 7) is 12.4. The Morgan fingerprint density at radius 3 is 1.99 bits per heavy atom. The minimum Gasteiger partial charge on any atom is -0.497 e. The van der Waals surface area contributed by atoms with Gasteiger partial charge in [0.1, 0.15) is 37.7 Å². The Morgan fingerprint density at radius 1 is 0.741 bits per heavy atom. The van der Waals surface area contributed by atoms with Gasteiger partial charge in [0.05, 0.1) is 75.7 Å². The van der Waals surface area contributed by atoms with Crippen molar-refractivity contribution in [3.8, 4) is 28.7 Å². The number of hydrogen-bond donors (Lipinski definition) is 4. The molecule has 0 bridgehead atoms. The van der Waals surface area contributed by atoms with E-state index in [0.29, 0.717) is 36.4 Å². The van der Waals surface area contributed by atoms with Crippen molar-refractivity contribution in [2.75, 3.05) is 76.0 Å². The van der Waals surface area contributed by atoms with E-state index in [1.165, 1.54) is 50.3 Å². The number of ether oxygens (including phenoxy) is 8. The number of carbonyl (C=O) groups is 7. The van der Waals surface area contributed by atoms with E-state index in [4.69, 9.17) is 37.9 Å². The lowest BCUT2D eigenvalue weighted by Gasteiger charge is -2.31. The van der Waals surface area contributed by atoms with Crippen LogP contribution >= 0.6 is 0 Å². The Bertz CT molecular complexity index is 3250. The van der Waals surface area contributed by atoms with E-state index in [1.807, 2.05) is 30.5 Å². The minimum atomic E-state index is -1.50. The van der Waals surface area contributed by atoms with E-state index in [-0.39, 0.29) is 115 Å². The molecule has 4 aliphatic heterocycles. The molecule has 450 valence electrons. The highest BCUT2D eigenvalue weighted by molar-refractivity contribution is 6.08. The summed E-state index contributed by atoms with van der Waals surface area (Å²) in [5.74, 6) is -0.613. The molecule has 7 amide bonds. The third-order valence-electron chi connectivity index (χ3n) is 15.6.